The number of sulfonamides is 1. The lowest BCUT2D eigenvalue weighted by atomic mass is 10.0. The lowest BCUT2D eigenvalue weighted by Gasteiger charge is -2.23. The van der Waals surface area contributed by atoms with Gasteiger partial charge in [0.25, 0.3) is 0 Å². The molecule has 0 saturated carbocycles. The van der Waals surface area contributed by atoms with Crippen molar-refractivity contribution in [1.82, 2.24) is 10.0 Å². The van der Waals surface area contributed by atoms with E-state index >= 15 is 0 Å². The van der Waals surface area contributed by atoms with E-state index in [1.54, 1.807) is 0 Å². The first-order chi connectivity index (χ1) is 8.86. The molecule has 0 aromatic carbocycles. The number of piperidine rings is 1. The molecule has 2 rings (SSSR count). The molecule has 2 heterocycles. The van der Waals surface area contributed by atoms with E-state index in [9.17, 15) is 16.8 Å². The first kappa shape index (κ1) is 15.0. The van der Waals surface area contributed by atoms with Gasteiger partial charge in [0.2, 0.25) is 10.0 Å². The zero-order chi connectivity index (χ0) is 13.9. The maximum atomic E-state index is 11.9. The Balaban J connectivity index is 1.80. The highest BCUT2D eigenvalue weighted by Gasteiger charge is 2.26. The van der Waals surface area contributed by atoms with Crippen LogP contribution in [0.3, 0.4) is 0 Å². The van der Waals surface area contributed by atoms with E-state index in [0.717, 1.165) is 31.2 Å². The van der Waals surface area contributed by atoms with Gasteiger partial charge in [-0.05, 0) is 25.8 Å². The normalized spacial score (nSPS) is 30.5. The highest BCUT2D eigenvalue weighted by atomic mass is 32.2. The summed E-state index contributed by atoms with van der Waals surface area (Å²) in [6.07, 6.45) is 5.25. The molecule has 19 heavy (non-hydrogen) atoms. The van der Waals surface area contributed by atoms with Crippen molar-refractivity contribution in [3.05, 3.63) is 11.5 Å². The molecule has 0 aromatic heterocycles. The zero-order valence-corrected chi connectivity index (χ0v) is 12.3. The lowest BCUT2D eigenvalue weighted by molar-refractivity contribution is 0.392. The highest BCUT2D eigenvalue weighted by Crippen LogP contribution is 2.12. The van der Waals surface area contributed by atoms with Crippen LogP contribution in [0, 0.1) is 0 Å². The molecule has 110 valence electrons. The summed E-state index contributed by atoms with van der Waals surface area (Å²) >= 11 is 0. The molecule has 2 unspecified atom stereocenters. The van der Waals surface area contributed by atoms with Gasteiger partial charge in [0.15, 0.2) is 9.84 Å². The van der Waals surface area contributed by atoms with Crippen LogP contribution in [-0.4, -0.2) is 47.0 Å². The molecule has 2 aliphatic rings. The van der Waals surface area contributed by atoms with Crippen molar-refractivity contribution in [3.8, 4) is 0 Å². The molecule has 1 fully saturated rings. The molecular formula is C11H20N2O4S2. The number of rotatable bonds is 5. The summed E-state index contributed by atoms with van der Waals surface area (Å²) in [5, 5.41) is 4.37. The Bertz CT molecular complexity index is 533. The summed E-state index contributed by atoms with van der Waals surface area (Å²) in [4.78, 5) is 0. The predicted molar refractivity (Wildman–Crippen MR) is 73.9 cm³/mol. The predicted octanol–water partition coefficient (Wildman–Crippen LogP) is -0.251. The minimum atomic E-state index is -3.42. The van der Waals surface area contributed by atoms with E-state index in [0.29, 0.717) is 6.42 Å². The standard InChI is InChI=1S/C11H20N2O4S2/c14-18(15)7-4-11(9-18)13-19(16,17)8-5-10-3-1-2-6-12-10/h4,7,10-13H,1-3,5-6,8-9H2. The first-order valence-corrected chi connectivity index (χ1v) is 9.87. The minimum Gasteiger partial charge on any atom is -0.314 e. The molecule has 0 spiro atoms. The van der Waals surface area contributed by atoms with Crippen LogP contribution >= 0.6 is 0 Å². The van der Waals surface area contributed by atoms with Gasteiger partial charge >= 0.3 is 0 Å². The van der Waals surface area contributed by atoms with Gasteiger partial charge in [-0.2, -0.15) is 0 Å². The molecule has 0 aliphatic carbocycles. The lowest BCUT2D eigenvalue weighted by Crippen LogP contribution is -2.40. The molecule has 8 heteroatoms. The third-order valence-electron chi connectivity index (χ3n) is 3.41. The van der Waals surface area contributed by atoms with Crippen LogP contribution in [0.2, 0.25) is 0 Å². The van der Waals surface area contributed by atoms with Crippen LogP contribution in [0.5, 0.6) is 0 Å². The quantitative estimate of drug-likeness (QED) is 0.730. The van der Waals surface area contributed by atoms with E-state index in [1.807, 2.05) is 0 Å². The summed E-state index contributed by atoms with van der Waals surface area (Å²) in [7, 11) is -6.64. The van der Waals surface area contributed by atoms with Gasteiger partial charge in [-0.1, -0.05) is 12.5 Å². The molecule has 0 amide bonds. The Morgan fingerprint density at radius 2 is 2.11 bits per heavy atom. The number of nitrogens with one attached hydrogen (secondary N) is 2. The van der Waals surface area contributed by atoms with Crippen LogP contribution in [0.1, 0.15) is 25.7 Å². The molecule has 0 radical (unpaired) electrons. The van der Waals surface area contributed by atoms with E-state index < -0.39 is 25.9 Å². The van der Waals surface area contributed by atoms with Gasteiger partial charge in [-0.15, -0.1) is 0 Å². The largest absolute Gasteiger partial charge is 0.314 e. The maximum absolute atomic E-state index is 11.9. The van der Waals surface area contributed by atoms with Crippen molar-refractivity contribution >= 4 is 19.9 Å². The molecule has 0 bridgehead atoms. The summed E-state index contributed by atoms with van der Waals surface area (Å²) < 4.78 is 48.6. The van der Waals surface area contributed by atoms with E-state index in [1.165, 1.54) is 6.08 Å². The molecule has 2 atom stereocenters. The second-order valence-electron chi connectivity index (χ2n) is 5.14. The minimum absolute atomic E-state index is 0.0368. The molecule has 0 aromatic rings. The topological polar surface area (TPSA) is 92.3 Å². The first-order valence-electron chi connectivity index (χ1n) is 6.51. The monoisotopic (exact) mass is 308 g/mol. The smallest absolute Gasteiger partial charge is 0.212 e. The molecule has 2 N–H and O–H groups in total. The highest BCUT2D eigenvalue weighted by molar-refractivity contribution is 7.94. The maximum Gasteiger partial charge on any atom is 0.212 e. The van der Waals surface area contributed by atoms with Crippen molar-refractivity contribution in [2.24, 2.45) is 0 Å². The van der Waals surface area contributed by atoms with Crippen molar-refractivity contribution in [2.45, 2.75) is 37.8 Å². The second kappa shape index (κ2) is 5.90. The molecule has 6 nitrogen and oxygen atoms in total. The molecule has 1 saturated heterocycles. The van der Waals surface area contributed by atoms with E-state index in [-0.39, 0.29) is 17.5 Å². The van der Waals surface area contributed by atoms with Gasteiger partial charge in [0.1, 0.15) is 0 Å². The average molecular weight is 308 g/mol. The fourth-order valence-electron chi connectivity index (χ4n) is 2.41. The fraction of sp³-hybridized carbons (Fsp3) is 0.818. The Hall–Kier alpha value is -0.440. The van der Waals surface area contributed by atoms with Crippen LogP contribution in [-0.2, 0) is 19.9 Å². The second-order valence-corrected chi connectivity index (χ2v) is 8.94. The summed E-state index contributed by atoms with van der Waals surface area (Å²) in [6.45, 7) is 0.946. The van der Waals surface area contributed by atoms with Gasteiger partial charge < -0.3 is 5.32 Å². The Morgan fingerprint density at radius 3 is 2.68 bits per heavy atom. The number of hydrogen-bond donors (Lipinski definition) is 2. The zero-order valence-electron chi connectivity index (χ0n) is 10.7. The van der Waals surface area contributed by atoms with Crippen LogP contribution in [0.15, 0.2) is 11.5 Å². The Kier molecular flexibility index (Phi) is 4.65. The van der Waals surface area contributed by atoms with Gasteiger partial charge in [-0.25, -0.2) is 21.6 Å². The summed E-state index contributed by atoms with van der Waals surface area (Å²) in [6, 6.07) is -0.359. The third-order valence-corrected chi connectivity index (χ3v) is 6.24. The SMILES string of the molecule is O=S1(=O)C=CC(NS(=O)(=O)CCC2CCCCN2)C1. The van der Waals surface area contributed by atoms with Crippen molar-refractivity contribution < 1.29 is 16.8 Å². The molecular weight excluding hydrogens is 288 g/mol. The third kappa shape index (κ3) is 4.87. The van der Waals surface area contributed by atoms with Crippen LogP contribution in [0.4, 0.5) is 0 Å². The Morgan fingerprint density at radius 1 is 1.32 bits per heavy atom. The van der Waals surface area contributed by atoms with Gasteiger partial charge in [-0.3, -0.25) is 0 Å². The van der Waals surface area contributed by atoms with Gasteiger partial charge in [0.05, 0.1) is 17.5 Å². The van der Waals surface area contributed by atoms with Crippen LogP contribution < -0.4 is 10.0 Å². The van der Waals surface area contributed by atoms with E-state index in [2.05, 4.69) is 10.0 Å². The Labute approximate surface area is 114 Å². The van der Waals surface area contributed by atoms with Gasteiger partial charge in [0, 0.05) is 11.4 Å². The molecule has 2 aliphatic heterocycles. The van der Waals surface area contributed by atoms with Crippen molar-refractivity contribution in [3.63, 3.8) is 0 Å². The average Bonchev–Trinajstić information content (AvgIpc) is 2.67. The number of hydrogen-bond acceptors (Lipinski definition) is 5. The van der Waals surface area contributed by atoms with Crippen molar-refractivity contribution in [1.29, 1.82) is 0 Å². The number of sulfone groups is 1. The van der Waals surface area contributed by atoms with Crippen molar-refractivity contribution in [2.75, 3.05) is 18.1 Å². The fourth-order valence-corrected chi connectivity index (χ4v) is 5.08. The summed E-state index contributed by atoms with van der Waals surface area (Å²) in [5.41, 5.74) is 0. The van der Waals surface area contributed by atoms with E-state index in [4.69, 9.17) is 0 Å². The summed E-state index contributed by atoms with van der Waals surface area (Å²) in [5.74, 6) is -0.136. The van der Waals surface area contributed by atoms with Crippen LogP contribution in [0.25, 0.3) is 0 Å².